The van der Waals surface area contributed by atoms with E-state index in [-0.39, 0.29) is 5.88 Å². The van der Waals surface area contributed by atoms with Gasteiger partial charge in [-0.2, -0.15) is 4.98 Å². The van der Waals surface area contributed by atoms with Gasteiger partial charge in [-0.05, 0) is 12.5 Å². The van der Waals surface area contributed by atoms with E-state index in [1.54, 1.807) is 0 Å². The molecule has 0 aliphatic rings. The van der Waals surface area contributed by atoms with Gasteiger partial charge < -0.3 is 14.6 Å². The molecule has 0 saturated heterocycles. The van der Waals surface area contributed by atoms with Crippen molar-refractivity contribution in [3.63, 3.8) is 0 Å². The highest BCUT2D eigenvalue weighted by atomic mass is 16.5. The number of aliphatic hydroxyl groups excluding tert-OH is 1. The summed E-state index contributed by atoms with van der Waals surface area (Å²) in [5.74, 6) is 0.602. The van der Waals surface area contributed by atoms with Crippen molar-refractivity contribution in [1.29, 1.82) is 0 Å². The van der Waals surface area contributed by atoms with Crippen molar-refractivity contribution in [2.75, 3.05) is 14.2 Å². The van der Waals surface area contributed by atoms with Gasteiger partial charge >= 0.3 is 0 Å². The third-order valence-corrected chi connectivity index (χ3v) is 2.76. The number of rotatable bonds is 4. The van der Waals surface area contributed by atoms with Crippen LogP contribution in [0, 0.1) is 6.92 Å². The van der Waals surface area contributed by atoms with Crippen LogP contribution < -0.4 is 9.47 Å². The maximum absolute atomic E-state index is 10.4. The highest BCUT2D eigenvalue weighted by molar-refractivity contribution is 5.34. The summed E-state index contributed by atoms with van der Waals surface area (Å²) in [6, 6.07) is 7.59. The molecule has 1 aromatic heterocycles. The summed E-state index contributed by atoms with van der Waals surface area (Å²) in [6.07, 6.45) is 0.574. The second kappa shape index (κ2) is 5.67. The van der Waals surface area contributed by atoms with Crippen LogP contribution in [0.15, 0.2) is 30.5 Å². The fraction of sp³-hybridized carbons (Fsp3) is 0.286. The minimum Gasteiger partial charge on any atom is -0.480 e. The average Bonchev–Trinajstić information content (AvgIpc) is 2.45. The predicted molar refractivity (Wildman–Crippen MR) is 70.4 cm³/mol. The molecule has 1 N–H and O–H groups in total. The number of aromatic nitrogens is 2. The smallest absolute Gasteiger partial charge is 0.241 e. The van der Waals surface area contributed by atoms with E-state index < -0.39 is 6.10 Å². The van der Waals surface area contributed by atoms with Gasteiger partial charge in [-0.15, -0.1) is 0 Å². The zero-order valence-electron chi connectivity index (χ0n) is 11.1. The largest absolute Gasteiger partial charge is 0.480 e. The summed E-state index contributed by atoms with van der Waals surface area (Å²) in [5.41, 5.74) is 2.18. The van der Waals surface area contributed by atoms with Crippen LogP contribution in [0.25, 0.3) is 0 Å². The highest BCUT2D eigenvalue weighted by Crippen LogP contribution is 2.28. The Kier molecular flexibility index (Phi) is 3.97. The number of methoxy groups -OCH3 is 2. The molecule has 19 heavy (non-hydrogen) atoms. The lowest BCUT2D eigenvalue weighted by Gasteiger charge is -2.14. The van der Waals surface area contributed by atoms with Gasteiger partial charge in [-0.25, -0.2) is 4.98 Å². The number of hydrogen-bond acceptors (Lipinski definition) is 5. The van der Waals surface area contributed by atoms with Crippen molar-refractivity contribution >= 4 is 0 Å². The predicted octanol–water partition coefficient (Wildman–Crippen LogP) is 1.88. The summed E-state index contributed by atoms with van der Waals surface area (Å²) in [4.78, 5) is 8.28. The number of benzene rings is 1. The zero-order valence-corrected chi connectivity index (χ0v) is 11.1. The minimum absolute atomic E-state index is 0.258. The molecule has 1 unspecified atom stereocenters. The molecule has 0 amide bonds. The molecule has 0 bridgehead atoms. The van der Waals surface area contributed by atoms with E-state index in [9.17, 15) is 5.11 Å². The monoisotopic (exact) mass is 260 g/mol. The molecule has 0 spiro atoms. The second-order valence-electron chi connectivity index (χ2n) is 4.12. The quantitative estimate of drug-likeness (QED) is 0.909. The first-order valence-electron chi connectivity index (χ1n) is 5.85. The number of hydrogen-bond donors (Lipinski definition) is 1. The molecule has 2 aromatic rings. The van der Waals surface area contributed by atoms with Crippen molar-refractivity contribution in [3.05, 3.63) is 47.3 Å². The first-order chi connectivity index (χ1) is 9.15. The Morgan fingerprint density at radius 3 is 2.63 bits per heavy atom. The minimum atomic E-state index is -0.881. The first kappa shape index (κ1) is 13.3. The summed E-state index contributed by atoms with van der Waals surface area (Å²) in [7, 11) is 2.98. The molecule has 5 heteroatoms. The van der Waals surface area contributed by atoms with Crippen LogP contribution in [-0.4, -0.2) is 29.3 Å². The second-order valence-corrected chi connectivity index (χ2v) is 4.12. The van der Waals surface area contributed by atoms with E-state index in [1.165, 1.54) is 20.4 Å². The molecule has 0 fully saturated rings. The first-order valence-corrected chi connectivity index (χ1v) is 5.85. The maximum Gasteiger partial charge on any atom is 0.241 e. The molecule has 1 heterocycles. The van der Waals surface area contributed by atoms with Crippen LogP contribution in [0.1, 0.15) is 22.9 Å². The van der Waals surface area contributed by atoms with E-state index in [1.807, 2.05) is 31.2 Å². The third-order valence-electron chi connectivity index (χ3n) is 2.76. The Hall–Kier alpha value is -2.14. The Labute approximate surface area is 111 Å². The van der Waals surface area contributed by atoms with Gasteiger partial charge in [0.2, 0.25) is 11.8 Å². The standard InChI is InChI=1S/C14H16N2O3/c1-9-5-4-6-10(7-9)13(17)12-14(19-3)16-11(18-2)8-15-12/h4-8,13,17H,1-3H3. The van der Waals surface area contributed by atoms with Gasteiger partial charge in [0, 0.05) is 0 Å². The summed E-state index contributed by atoms with van der Waals surface area (Å²) in [6.45, 7) is 1.97. The maximum atomic E-state index is 10.4. The number of nitrogens with zero attached hydrogens (tertiary/aromatic N) is 2. The fourth-order valence-corrected chi connectivity index (χ4v) is 1.80. The van der Waals surface area contributed by atoms with E-state index >= 15 is 0 Å². The van der Waals surface area contributed by atoms with E-state index in [4.69, 9.17) is 9.47 Å². The average molecular weight is 260 g/mol. The summed E-state index contributed by atoms with van der Waals surface area (Å²) >= 11 is 0. The SMILES string of the molecule is COc1cnc(C(O)c2cccc(C)c2)c(OC)n1. The van der Waals surface area contributed by atoms with Crippen LogP contribution in [0.4, 0.5) is 0 Å². The normalized spacial score (nSPS) is 12.0. The molecule has 0 saturated carbocycles. The number of aryl methyl sites for hydroxylation is 1. The lowest BCUT2D eigenvalue weighted by molar-refractivity contribution is 0.206. The Morgan fingerprint density at radius 2 is 2.00 bits per heavy atom. The zero-order chi connectivity index (χ0) is 13.8. The van der Waals surface area contributed by atoms with Crippen molar-refractivity contribution in [3.8, 4) is 11.8 Å². The lowest BCUT2D eigenvalue weighted by Crippen LogP contribution is -2.07. The molecule has 0 aliphatic heterocycles. The Bertz CT molecular complexity index is 572. The van der Waals surface area contributed by atoms with Gasteiger partial charge in [0.15, 0.2) is 0 Å². The Morgan fingerprint density at radius 1 is 1.21 bits per heavy atom. The van der Waals surface area contributed by atoms with Gasteiger partial charge in [0.1, 0.15) is 11.8 Å². The van der Waals surface area contributed by atoms with Crippen molar-refractivity contribution in [1.82, 2.24) is 9.97 Å². The van der Waals surface area contributed by atoms with Gasteiger partial charge in [-0.3, -0.25) is 0 Å². The van der Waals surface area contributed by atoms with E-state index in [0.717, 1.165) is 11.1 Å². The highest BCUT2D eigenvalue weighted by Gasteiger charge is 2.19. The van der Waals surface area contributed by atoms with E-state index in [0.29, 0.717) is 11.6 Å². The third kappa shape index (κ3) is 2.82. The molecular formula is C14H16N2O3. The lowest BCUT2D eigenvalue weighted by atomic mass is 10.0. The number of ether oxygens (including phenoxy) is 2. The molecule has 2 rings (SSSR count). The summed E-state index contributed by atoms with van der Waals surface area (Å²) < 4.78 is 10.1. The Balaban J connectivity index is 2.40. The van der Waals surface area contributed by atoms with Gasteiger partial charge in [0.25, 0.3) is 0 Å². The molecule has 100 valence electrons. The molecule has 1 aromatic carbocycles. The molecular weight excluding hydrogens is 244 g/mol. The van der Waals surface area contributed by atoms with Crippen molar-refractivity contribution < 1.29 is 14.6 Å². The summed E-state index contributed by atoms with van der Waals surface area (Å²) in [5, 5.41) is 10.4. The van der Waals surface area contributed by atoms with Crippen LogP contribution in [0.3, 0.4) is 0 Å². The topological polar surface area (TPSA) is 64.5 Å². The molecule has 5 nitrogen and oxygen atoms in total. The van der Waals surface area contributed by atoms with Gasteiger partial charge in [0.05, 0.1) is 20.4 Å². The van der Waals surface area contributed by atoms with E-state index in [2.05, 4.69) is 9.97 Å². The van der Waals surface area contributed by atoms with Crippen molar-refractivity contribution in [2.24, 2.45) is 0 Å². The van der Waals surface area contributed by atoms with Crippen LogP contribution in [0.5, 0.6) is 11.8 Å². The van der Waals surface area contributed by atoms with Crippen LogP contribution in [0.2, 0.25) is 0 Å². The van der Waals surface area contributed by atoms with Crippen LogP contribution >= 0.6 is 0 Å². The fourth-order valence-electron chi connectivity index (χ4n) is 1.80. The van der Waals surface area contributed by atoms with Gasteiger partial charge in [-0.1, -0.05) is 29.8 Å². The molecule has 1 atom stereocenters. The van der Waals surface area contributed by atoms with Crippen molar-refractivity contribution in [2.45, 2.75) is 13.0 Å². The van der Waals surface area contributed by atoms with Crippen LogP contribution in [-0.2, 0) is 0 Å². The number of aliphatic hydroxyl groups is 1. The molecule has 0 radical (unpaired) electrons. The molecule has 0 aliphatic carbocycles.